The smallest absolute Gasteiger partial charge is 0.319 e. The van der Waals surface area contributed by atoms with Crippen LogP contribution in [0.2, 0.25) is 0 Å². The number of methoxy groups -OCH3 is 1. The van der Waals surface area contributed by atoms with Gasteiger partial charge in [0.1, 0.15) is 5.75 Å². The highest BCUT2D eigenvalue weighted by atomic mass is 16.5. The minimum absolute atomic E-state index is 0.0448. The van der Waals surface area contributed by atoms with E-state index in [9.17, 15) is 4.79 Å². The van der Waals surface area contributed by atoms with Gasteiger partial charge in [-0.05, 0) is 55.9 Å². The monoisotopic (exact) mass is 426 g/mol. The Morgan fingerprint density at radius 1 is 1.16 bits per heavy atom. The van der Waals surface area contributed by atoms with Crippen molar-refractivity contribution in [2.75, 3.05) is 65.9 Å². The highest BCUT2D eigenvalue weighted by Crippen LogP contribution is 2.22. The number of nitrogens with zero attached hydrogens (tertiary/aromatic N) is 2. The van der Waals surface area contributed by atoms with Gasteiger partial charge in [-0.15, -0.1) is 0 Å². The molecule has 2 aromatic carbocycles. The Balaban J connectivity index is 1.47. The molecule has 7 heteroatoms. The standard InChI is InChI=1S/C24H34N4O3/c1-27(2)23(20-5-4-6-22(17-20)30-3)18-25-24(29)26-21-9-7-19(8-10-21)11-12-28-13-15-31-16-14-28/h4-10,17,23H,11-16,18H2,1-3H3,(H2,25,26,29). The van der Waals surface area contributed by atoms with Gasteiger partial charge >= 0.3 is 6.03 Å². The van der Waals surface area contributed by atoms with Gasteiger partial charge < -0.3 is 25.0 Å². The number of likely N-dealkylation sites (N-methyl/N-ethyl adjacent to an activating group) is 1. The highest BCUT2D eigenvalue weighted by molar-refractivity contribution is 5.89. The maximum atomic E-state index is 12.4. The van der Waals surface area contributed by atoms with Crippen LogP contribution in [0.25, 0.3) is 0 Å². The number of carbonyl (C=O) groups excluding carboxylic acids is 1. The largest absolute Gasteiger partial charge is 0.497 e. The second kappa shape index (κ2) is 11.7. The second-order valence-electron chi connectivity index (χ2n) is 7.99. The zero-order valence-corrected chi connectivity index (χ0v) is 18.8. The summed E-state index contributed by atoms with van der Waals surface area (Å²) in [6.45, 7) is 5.18. The molecule has 1 aliphatic heterocycles. The Hall–Kier alpha value is -2.61. The van der Waals surface area contributed by atoms with Gasteiger partial charge in [-0.2, -0.15) is 0 Å². The van der Waals surface area contributed by atoms with Gasteiger partial charge in [0.2, 0.25) is 0 Å². The van der Waals surface area contributed by atoms with Gasteiger partial charge in [0.15, 0.2) is 0 Å². The summed E-state index contributed by atoms with van der Waals surface area (Å²) in [6.07, 6.45) is 0.998. The molecule has 0 aliphatic carbocycles. The summed E-state index contributed by atoms with van der Waals surface area (Å²) in [5.41, 5.74) is 3.15. The molecule has 2 aromatic rings. The molecule has 1 aliphatic rings. The van der Waals surface area contributed by atoms with Crippen molar-refractivity contribution in [3.63, 3.8) is 0 Å². The molecule has 0 radical (unpaired) electrons. The Kier molecular flexibility index (Phi) is 8.70. The van der Waals surface area contributed by atoms with E-state index in [2.05, 4.69) is 32.6 Å². The van der Waals surface area contributed by atoms with Crippen molar-refractivity contribution in [3.05, 3.63) is 59.7 Å². The molecule has 0 aromatic heterocycles. The van der Waals surface area contributed by atoms with Crippen LogP contribution in [0.5, 0.6) is 5.75 Å². The lowest BCUT2D eigenvalue weighted by Crippen LogP contribution is -2.37. The van der Waals surface area contributed by atoms with Gasteiger partial charge in [0.05, 0.1) is 26.4 Å². The molecular formula is C24H34N4O3. The van der Waals surface area contributed by atoms with Gasteiger partial charge in [-0.3, -0.25) is 4.90 Å². The minimum atomic E-state index is -0.212. The summed E-state index contributed by atoms with van der Waals surface area (Å²) in [4.78, 5) is 16.9. The second-order valence-corrected chi connectivity index (χ2v) is 7.99. The fraction of sp³-hybridized carbons (Fsp3) is 0.458. The summed E-state index contributed by atoms with van der Waals surface area (Å²) in [7, 11) is 5.65. The topological polar surface area (TPSA) is 66.1 Å². The first kappa shape index (κ1) is 23.1. The van der Waals surface area contributed by atoms with Crippen LogP contribution in [0.1, 0.15) is 17.2 Å². The summed E-state index contributed by atoms with van der Waals surface area (Å²) in [5, 5.41) is 5.90. The Labute approximate surface area is 185 Å². The van der Waals surface area contributed by atoms with Crippen LogP contribution in [0.4, 0.5) is 10.5 Å². The number of morpholine rings is 1. The Bertz CT molecular complexity index is 820. The highest BCUT2D eigenvalue weighted by Gasteiger charge is 2.16. The summed E-state index contributed by atoms with van der Waals surface area (Å²) in [5.74, 6) is 0.808. The summed E-state index contributed by atoms with van der Waals surface area (Å²) >= 11 is 0. The molecule has 0 spiro atoms. The number of rotatable bonds is 9. The maximum absolute atomic E-state index is 12.4. The number of nitrogens with one attached hydrogen (secondary N) is 2. The van der Waals surface area contributed by atoms with Crippen molar-refractivity contribution in [3.8, 4) is 5.75 Å². The van der Waals surface area contributed by atoms with Crippen LogP contribution < -0.4 is 15.4 Å². The van der Waals surface area contributed by atoms with E-state index in [1.54, 1.807) is 7.11 Å². The molecule has 1 heterocycles. The summed E-state index contributed by atoms with van der Waals surface area (Å²) in [6, 6.07) is 15.8. The van der Waals surface area contributed by atoms with Crippen LogP contribution in [0.3, 0.4) is 0 Å². The van der Waals surface area contributed by atoms with Crippen LogP contribution in [0.15, 0.2) is 48.5 Å². The van der Waals surface area contributed by atoms with Crippen LogP contribution in [-0.4, -0.2) is 76.4 Å². The first-order chi connectivity index (χ1) is 15.0. The van der Waals surface area contributed by atoms with Gasteiger partial charge in [-0.25, -0.2) is 4.79 Å². The van der Waals surface area contributed by atoms with Crippen molar-refractivity contribution in [1.82, 2.24) is 15.1 Å². The van der Waals surface area contributed by atoms with Crippen LogP contribution in [-0.2, 0) is 11.2 Å². The van der Waals surface area contributed by atoms with Gasteiger partial charge in [0, 0.05) is 31.9 Å². The molecule has 1 atom stereocenters. The number of hydrogen-bond donors (Lipinski definition) is 2. The first-order valence-corrected chi connectivity index (χ1v) is 10.8. The third kappa shape index (κ3) is 7.24. The molecule has 0 saturated carbocycles. The summed E-state index contributed by atoms with van der Waals surface area (Å²) < 4.78 is 10.7. The van der Waals surface area contributed by atoms with E-state index >= 15 is 0 Å². The average molecular weight is 427 g/mol. The average Bonchev–Trinajstić information content (AvgIpc) is 2.79. The van der Waals surface area contributed by atoms with E-state index in [1.807, 2.05) is 50.5 Å². The molecule has 3 rings (SSSR count). The molecule has 2 amide bonds. The third-order valence-corrected chi connectivity index (χ3v) is 5.59. The van der Waals surface area contributed by atoms with E-state index in [-0.39, 0.29) is 12.1 Å². The Morgan fingerprint density at radius 3 is 2.58 bits per heavy atom. The SMILES string of the molecule is COc1cccc(C(CNC(=O)Nc2ccc(CCN3CCOCC3)cc2)N(C)C)c1. The van der Waals surface area contributed by atoms with Crippen molar-refractivity contribution in [2.24, 2.45) is 0 Å². The molecule has 0 bridgehead atoms. The molecule has 1 saturated heterocycles. The fourth-order valence-electron chi connectivity index (χ4n) is 3.68. The maximum Gasteiger partial charge on any atom is 0.319 e. The lowest BCUT2D eigenvalue weighted by molar-refractivity contribution is 0.0384. The quantitative estimate of drug-likeness (QED) is 0.645. The van der Waals surface area contributed by atoms with Gasteiger partial charge in [0.25, 0.3) is 0 Å². The van der Waals surface area contributed by atoms with E-state index in [0.29, 0.717) is 6.54 Å². The predicted molar refractivity (Wildman–Crippen MR) is 124 cm³/mol. The lowest BCUT2D eigenvalue weighted by Gasteiger charge is -2.26. The molecular weight excluding hydrogens is 392 g/mol. The lowest BCUT2D eigenvalue weighted by atomic mass is 10.1. The molecule has 2 N–H and O–H groups in total. The van der Waals surface area contributed by atoms with Crippen LogP contribution in [0, 0.1) is 0 Å². The van der Waals surface area contributed by atoms with E-state index in [4.69, 9.17) is 9.47 Å². The predicted octanol–water partition coefficient (Wildman–Crippen LogP) is 2.99. The first-order valence-electron chi connectivity index (χ1n) is 10.8. The molecule has 7 nitrogen and oxygen atoms in total. The molecule has 31 heavy (non-hydrogen) atoms. The van der Waals surface area contributed by atoms with E-state index in [1.165, 1.54) is 5.56 Å². The number of carbonyl (C=O) groups is 1. The van der Waals surface area contributed by atoms with Gasteiger partial charge in [-0.1, -0.05) is 24.3 Å². The normalized spacial score (nSPS) is 15.5. The number of urea groups is 1. The van der Waals surface area contributed by atoms with E-state index in [0.717, 1.165) is 56.3 Å². The van der Waals surface area contributed by atoms with E-state index < -0.39 is 0 Å². The third-order valence-electron chi connectivity index (χ3n) is 5.59. The number of hydrogen-bond acceptors (Lipinski definition) is 5. The zero-order valence-electron chi connectivity index (χ0n) is 18.8. The number of amides is 2. The number of benzene rings is 2. The van der Waals surface area contributed by atoms with Crippen molar-refractivity contribution in [1.29, 1.82) is 0 Å². The molecule has 1 fully saturated rings. The minimum Gasteiger partial charge on any atom is -0.497 e. The van der Waals surface area contributed by atoms with Crippen molar-refractivity contribution < 1.29 is 14.3 Å². The number of ether oxygens (including phenoxy) is 2. The van der Waals surface area contributed by atoms with Crippen molar-refractivity contribution >= 4 is 11.7 Å². The van der Waals surface area contributed by atoms with Crippen LogP contribution >= 0.6 is 0 Å². The van der Waals surface area contributed by atoms with Crippen molar-refractivity contribution in [2.45, 2.75) is 12.5 Å². The zero-order chi connectivity index (χ0) is 22.1. The molecule has 168 valence electrons. The Morgan fingerprint density at radius 2 is 1.90 bits per heavy atom. The molecule has 1 unspecified atom stereocenters. The fourth-order valence-corrected chi connectivity index (χ4v) is 3.68. The number of anilines is 1.